The maximum Gasteiger partial charge on any atom is 0.330 e. The summed E-state index contributed by atoms with van der Waals surface area (Å²) in [5, 5.41) is 2.59. The number of methoxy groups -OCH3 is 3. The predicted octanol–water partition coefficient (Wildman–Crippen LogP) is 1.82. The maximum absolute atomic E-state index is 11.8. The van der Waals surface area contributed by atoms with E-state index in [0.29, 0.717) is 23.6 Å². The van der Waals surface area contributed by atoms with E-state index >= 15 is 0 Å². The fourth-order valence-corrected chi connectivity index (χ4v) is 1.38. The second kappa shape index (κ2) is 10.3. The Kier molecular flexibility index (Phi) is 9.08. The second-order valence-corrected chi connectivity index (χ2v) is 3.67. The van der Waals surface area contributed by atoms with Gasteiger partial charge in [-0.05, 0) is 18.6 Å². The minimum absolute atomic E-state index is 0.330. The summed E-state index contributed by atoms with van der Waals surface area (Å²) < 4.78 is 14.8. The standard InChI is InChI=1S/C15H21NO5/c1-6-8-12(20-4)15(11(7-2)19-3)16-13(17)9-10-14(18)21-5/h7-10H,2,6H2,1,3-5H3,(H,16,17)/b10-9-,12-8+,15-11-. The number of hydrogen-bond donors (Lipinski definition) is 1. The van der Waals surface area contributed by atoms with Gasteiger partial charge < -0.3 is 19.5 Å². The summed E-state index contributed by atoms with van der Waals surface area (Å²) in [6, 6.07) is 0. The van der Waals surface area contributed by atoms with Crippen molar-refractivity contribution in [3.63, 3.8) is 0 Å². The molecule has 0 aliphatic rings. The molecule has 0 aromatic heterocycles. The number of carbonyl (C=O) groups excluding carboxylic acids is 2. The van der Waals surface area contributed by atoms with E-state index in [2.05, 4.69) is 16.6 Å². The van der Waals surface area contributed by atoms with Crippen LogP contribution in [0.4, 0.5) is 0 Å². The fourth-order valence-electron chi connectivity index (χ4n) is 1.38. The molecule has 0 bridgehead atoms. The number of allylic oxidation sites excluding steroid dienone is 2. The van der Waals surface area contributed by atoms with Gasteiger partial charge in [0.15, 0.2) is 0 Å². The lowest BCUT2D eigenvalue weighted by atomic mass is 10.2. The average Bonchev–Trinajstić information content (AvgIpc) is 2.50. The summed E-state index contributed by atoms with van der Waals surface area (Å²) in [7, 11) is 4.16. The van der Waals surface area contributed by atoms with Crippen molar-refractivity contribution in [2.75, 3.05) is 21.3 Å². The van der Waals surface area contributed by atoms with Crippen molar-refractivity contribution in [2.45, 2.75) is 13.3 Å². The van der Waals surface area contributed by atoms with Crippen LogP contribution in [-0.2, 0) is 23.8 Å². The van der Waals surface area contributed by atoms with Gasteiger partial charge in [-0.3, -0.25) is 4.79 Å². The Morgan fingerprint density at radius 2 is 1.76 bits per heavy atom. The van der Waals surface area contributed by atoms with Gasteiger partial charge in [-0.15, -0.1) is 0 Å². The first kappa shape index (κ1) is 18.5. The summed E-state index contributed by atoms with van der Waals surface area (Å²) in [6.07, 6.45) is 6.00. The van der Waals surface area contributed by atoms with Crippen LogP contribution >= 0.6 is 0 Å². The molecule has 0 aliphatic heterocycles. The van der Waals surface area contributed by atoms with E-state index in [0.717, 1.165) is 12.2 Å². The lowest BCUT2D eigenvalue weighted by Gasteiger charge is -2.14. The minimum atomic E-state index is -0.623. The Bertz CT molecular complexity index is 474. The molecule has 6 heteroatoms. The number of ether oxygens (including phenoxy) is 3. The third-order valence-corrected chi connectivity index (χ3v) is 2.33. The largest absolute Gasteiger partial charge is 0.495 e. The molecule has 1 N–H and O–H groups in total. The molecule has 6 nitrogen and oxygen atoms in total. The van der Waals surface area contributed by atoms with E-state index in [1.54, 1.807) is 6.08 Å². The van der Waals surface area contributed by atoms with Crippen LogP contribution in [0.5, 0.6) is 0 Å². The van der Waals surface area contributed by atoms with Gasteiger partial charge in [-0.25, -0.2) is 4.79 Å². The Hall–Kier alpha value is -2.50. The Morgan fingerprint density at radius 3 is 2.19 bits per heavy atom. The van der Waals surface area contributed by atoms with E-state index in [1.165, 1.54) is 27.4 Å². The van der Waals surface area contributed by atoms with Gasteiger partial charge in [0.25, 0.3) is 0 Å². The summed E-state index contributed by atoms with van der Waals surface area (Å²) in [4.78, 5) is 22.8. The van der Waals surface area contributed by atoms with Gasteiger partial charge in [-0.2, -0.15) is 0 Å². The van der Waals surface area contributed by atoms with Crippen molar-refractivity contribution < 1.29 is 23.8 Å². The zero-order chi connectivity index (χ0) is 16.3. The highest BCUT2D eigenvalue weighted by Crippen LogP contribution is 2.15. The third-order valence-electron chi connectivity index (χ3n) is 2.33. The average molecular weight is 295 g/mol. The molecule has 0 aromatic carbocycles. The predicted molar refractivity (Wildman–Crippen MR) is 78.9 cm³/mol. The van der Waals surface area contributed by atoms with Gasteiger partial charge in [0, 0.05) is 12.2 Å². The van der Waals surface area contributed by atoms with Crippen molar-refractivity contribution >= 4 is 11.9 Å². The number of nitrogens with one attached hydrogen (secondary N) is 1. The molecule has 0 saturated heterocycles. The zero-order valence-electron chi connectivity index (χ0n) is 12.8. The third kappa shape index (κ3) is 6.47. The van der Waals surface area contributed by atoms with Crippen LogP contribution in [0, 0.1) is 0 Å². The number of hydrogen-bond acceptors (Lipinski definition) is 5. The molecule has 1 amide bonds. The summed E-state index contributed by atoms with van der Waals surface area (Å²) in [5.74, 6) is -0.362. The van der Waals surface area contributed by atoms with Crippen LogP contribution in [0.2, 0.25) is 0 Å². The van der Waals surface area contributed by atoms with E-state index in [-0.39, 0.29) is 0 Å². The van der Waals surface area contributed by atoms with Crippen molar-refractivity contribution in [2.24, 2.45) is 0 Å². The van der Waals surface area contributed by atoms with Crippen LogP contribution in [0.1, 0.15) is 13.3 Å². The van der Waals surface area contributed by atoms with Crippen LogP contribution in [0.25, 0.3) is 0 Å². The summed E-state index contributed by atoms with van der Waals surface area (Å²) in [5.41, 5.74) is 0.330. The topological polar surface area (TPSA) is 73.9 Å². The van der Waals surface area contributed by atoms with E-state index in [9.17, 15) is 9.59 Å². The van der Waals surface area contributed by atoms with Crippen molar-refractivity contribution in [3.8, 4) is 0 Å². The number of rotatable bonds is 8. The SMILES string of the molecule is C=C/C(OC)=C(NC(=O)/C=C\C(=O)OC)\C(=C/CC)OC. The molecule has 0 rings (SSSR count). The maximum atomic E-state index is 11.8. The molecule has 0 aliphatic carbocycles. The van der Waals surface area contributed by atoms with E-state index in [1.807, 2.05) is 6.92 Å². The molecule has 0 radical (unpaired) electrons. The van der Waals surface area contributed by atoms with Crippen LogP contribution < -0.4 is 5.32 Å². The highest BCUT2D eigenvalue weighted by Gasteiger charge is 2.14. The molecule has 116 valence electrons. The van der Waals surface area contributed by atoms with Crippen molar-refractivity contribution in [1.82, 2.24) is 5.32 Å². The van der Waals surface area contributed by atoms with Gasteiger partial charge in [0.05, 0.1) is 21.3 Å². The molecule has 0 spiro atoms. The smallest absolute Gasteiger partial charge is 0.330 e. The first-order valence-electron chi connectivity index (χ1n) is 6.26. The molecule has 21 heavy (non-hydrogen) atoms. The number of amides is 1. The Morgan fingerprint density at radius 1 is 1.10 bits per heavy atom. The van der Waals surface area contributed by atoms with Crippen LogP contribution in [-0.4, -0.2) is 33.2 Å². The lowest BCUT2D eigenvalue weighted by molar-refractivity contribution is -0.135. The number of carbonyl (C=O) groups is 2. The van der Waals surface area contributed by atoms with Gasteiger partial charge in [0.1, 0.15) is 17.2 Å². The normalized spacial score (nSPS) is 12.5. The first-order chi connectivity index (χ1) is 10.0. The van der Waals surface area contributed by atoms with Gasteiger partial charge in [-0.1, -0.05) is 13.5 Å². The Balaban J connectivity index is 5.36. The minimum Gasteiger partial charge on any atom is -0.495 e. The van der Waals surface area contributed by atoms with Crippen LogP contribution in [0.3, 0.4) is 0 Å². The fraction of sp³-hybridized carbons (Fsp3) is 0.333. The van der Waals surface area contributed by atoms with E-state index in [4.69, 9.17) is 9.47 Å². The van der Waals surface area contributed by atoms with Gasteiger partial charge in [0.2, 0.25) is 5.91 Å². The van der Waals surface area contributed by atoms with Crippen molar-refractivity contribution in [1.29, 1.82) is 0 Å². The second-order valence-electron chi connectivity index (χ2n) is 3.67. The number of esters is 1. The molecule has 0 unspecified atom stereocenters. The summed E-state index contributed by atoms with van der Waals surface area (Å²) in [6.45, 7) is 5.54. The van der Waals surface area contributed by atoms with E-state index < -0.39 is 11.9 Å². The van der Waals surface area contributed by atoms with Gasteiger partial charge >= 0.3 is 5.97 Å². The molecule has 0 saturated carbocycles. The highest BCUT2D eigenvalue weighted by atomic mass is 16.5. The molecule has 0 atom stereocenters. The lowest BCUT2D eigenvalue weighted by Crippen LogP contribution is -2.24. The zero-order valence-corrected chi connectivity index (χ0v) is 12.8. The monoisotopic (exact) mass is 295 g/mol. The first-order valence-corrected chi connectivity index (χ1v) is 6.26. The molecular formula is C15H21NO5. The summed E-state index contributed by atoms with van der Waals surface area (Å²) >= 11 is 0. The molecule has 0 heterocycles. The van der Waals surface area contributed by atoms with Crippen molar-refractivity contribution in [3.05, 3.63) is 48.1 Å². The molecule has 0 aromatic rings. The Labute approximate surface area is 124 Å². The molecule has 0 fully saturated rings. The van der Waals surface area contributed by atoms with Crippen LogP contribution in [0.15, 0.2) is 48.1 Å². The highest BCUT2D eigenvalue weighted by molar-refractivity contribution is 5.95. The molecular weight excluding hydrogens is 274 g/mol. The quantitative estimate of drug-likeness (QED) is 0.320.